The average molecular weight is 598 g/mol. The van der Waals surface area contributed by atoms with E-state index in [9.17, 15) is 14.4 Å². The first kappa shape index (κ1) is 28.9. The molecule has 0 aliphatic heterocycles. The Labute approximate surface area is 253 Å². The summed E-state index contributed by atoms with van der Waals surface area (Å²) in [6.45, 7) is 3.36. The minimum Gasteiger partial charge on any atom is -0.457 e. The maximum atomic E-state index is 14.2. The molecule has 1 fully saturated rings. The van der Waals surface area contributed by atoms with Crippen LogP contribution in [0.1, 0.15) is 70.6 Å². The van der Waals surface area contributed by atoms with Gasteiger partial charge in [-0.05, 0) is 66.8 Å². The quantitative estimate of drug-likeness (QED) is 0.204. The summed E-state index contributed by atoms with van der Waals surface area (Å²) in [6, 6.07) is 16.8. The zero-order valence-electron chi connectivity index (χ0n) is 24.1. The number of thiophene rings is 1. The number of nitrogens with two attached hydrogens (primary N) is 3. The van der Waals surface area contributed by atoms with Crippen LogP contribution in [-0.2, 0) is 15.1 Å². The van der Waals surface area contributed by atoms with Crippen LogP contribution in [0.4, 0.5) is 5.69 Å². The summed E-state index contributed by atoms with van der Waals surface area (Å²) in [5.74, 6) is 0.421. The molecule has 4 atom stereocenters. The smallest absolute Gasteiger partial charge is 0.262 e. The maximum absolute atomic E-state index is 14.2. The molecule has 1 heterocycles. The summed E-state index contributed by atoms with van der Waals surface area (Å²) in [7, 11) is 0. The van der Waals surface area contributed by atoms with Crippen molar-refractivity contribution in [3.05, 3.63) is 87.8 Å². The molecule has 1 aromatic heterocycles. The standard InChI is InChI=1S/C33H35N5O4S/c1-17-16-20(42-19-8-4-3-5-9-19)12-13-21(17)33(36)22-14-15-23(34)29-26(22)27(28(35)31(33)40)30(43-29)32(41)38-25-11-7-6-10-24(25)37-18(2)39/h3-5,8-9,12-16,24-25,28H,6-7,10-11,34-36H2,1-2H3,(H,37,39)(H,38,41)/t24-,25+,28?,33?/m1/s1. The number of aryl methyl sites for hydroxylation is 1. The van der Waals surface area contributed by atoms with E-state index >= 15 is 0 Å². The van der Waals surface area contributed by atoms with Crippen LogP contribution in [0, 0.1) is 6.92 Å². The van der Waals surface area contributed by atoms with Crippen molar-refractivity contribution >= 4 is 44.7 Å². The number of ketones is 1. The molecular formula is C33H35N5O4S. The highest BCUT2D eigenvalue weighted by atomic mass is 32.1. The van der Waals surface area contributed by atoms with E-state index in [2.05, 4.69) is 10.6 Å². The summed E-state index contributed by atoms with van der Waals surface area (Å²) in [4.78, 5) is 40.1. The van der Waals surface area contributed by atoms with E-state index in [0.29, 0.717) is 48.8 Å². The first-order valence-corrected chi connectivity index (χ1v) is 15.3. The fourth-order valence-electron chi connectivity index (χ4n) is 6.57. The molecule has 8 N–H and O–H groups in total. The monoisotopic (exact) mass is 597 g/mol. The van der Waals surface area contributed by atoms with E-state index in [0.717, 1.165) is 31.2 Å². The number of hydrogen-bond donors (Lipinski definition) is 5. The van der Waals surface area contributed by atoms with Crippen molar-refractivity contribution in [2.24, 2.45) is 11.5 Å². The van der Waals surface area contributed by atoms with Gasteiger partial charge in [-0.25, -0.2) is 0 Å². The second-order valence-electron chi connectivity index (χ2n) is 11.5. The van der Waals surface area contributed by atoms with Crippen LogP contribution in [0.3, 0.4) is 0 Å². The number of hydrogen-bond acceptors (Lipinski definition) is 8. The van der Waals surface area contributed by atoms with Crippen molar-refractivity contribution in [3.8, 4) is 11.5 Å². The number of amides is 2. The summed E-state index contributed by atoms with van der Waals surface area (Å²) in [6.07, 6.45) is 3.44. The lowest BCUT2D eigenvalue weighted by atomic mass is 9.69. The SMILES string of the molecule is CC(=O)N[C@@H]1CCCC[C@@H]1NC(=O)c1sc2c(N)ccc3c2c1C(N)C(=O)C3(N)c1ccc(Oc2ccccc2)cc1C. The van der Waals surface area contributed by atoms with Crippen molar-refractivity contribution in [3.63, 3.8) is 0 Å². The van der Waals surface area contributed by atoms with Crippen LogP contribution < -0.4 is 32.6 Å². The lowest BCUT2D eigenvalue weighted by Gasteiger charge is -2.37. The van der Waals surface area contributed by atoms with E-state index in [-0.39, 0.29) is 23.9 Å². The Kier molecular flexibility index (Phi) is 7.45. The van der Waals surface area contributed by atoms with Gasteiger partial charge in [0.1, 0.15) is 17.0 Å². The number of nitrogen functional groups attached to an aromatic ring is 1. The number of nitrogens with one attached hydrogen (secondary N) is 2. The first-order valence-electron chi connectivity index (χ1n) is 14.5. The molecule has 2 unspecified atom stereocenters. The third kappa shape index (κ3) is 4.95. The third-order valence-corrected chi connectivity index (χ3v) is 9.85. The topological polar surface area (TPSA) is 163 Å². The zero-order chi connectivity index (χ0) is 30.5. The number of carbonyl (C=O) groups is 3. The number of para-hydroxylation sites is 1. The predicted molar refractivity (Wildman–Crippen MR) is 168 cm³/mol. The lowest BCUT2D eigenvalue weighted by Crippen LogP contribution is -2.54. The van der Waals surface area contributed by atoms with Crippen molar-refractivity contribution in [1.29, 1.82) is 0 Å². The van der Waals surface area contributed by atoms with Gasteiger partial charge in [-0.3, -0.25) is 14.4 Å². The summed E-state index contributed by atoms with van der Waals surface area (Å²) < 4.78 is 6.67. The second kappa shape index (κ2) is 11.1. The molecule has 0 radical (unpaired) electrons. The zero-order valence-corrected chi connectivity index (χ0v) is 24.9. The molecule has 0 bridgehead atoms. The second-order valence-corrected chi connectivity index (χ2v) is 12.5. The van der Waals surface area contributed by atoms with E-state index in [1.54, 1.807) is 24.3 Å². The van der Waals surface area contributed by atoms with Gasteiger partial charge < -0.3 is 32.6 Å². The number of carbonyl (C=O) groups excluding carboxylic acids is 3. The van der Waals surface area contributed by atoms with Crippen molar-refractivity contribution in [1.82, 2.24) is 10.6 Å². The van der Waals surface area contributed by atoms with Gasteiger partial charge in [0.25, 0.3) is 5.91 Å². The minimum atomic E-state index is -1.57. The van der Waals surface area contributed by atoms with Gasteiger partial charge in [0.15, 0.2) is 5.78 Å². The van der Waals surface area contributed by atoms with Crippen molar-refractivity contribution in [2.45, 2.75) is 63.2 Å². The van der Waals surface area contributed by atoms with Crippen LogP contribution in [-0.4, -0.2) is 29.7 Å². The summed E-state index contributed by atoms with van der Waals surface area (Å²) >= 11 is 1.22. The Morgan fingerprint density at radius 1 is 0.953 bits per heavy atom. The minimum absolute atomic E-state index is 0.137. The van der Waals surface area contributed by atoms with Crippen LogP contribution in [0.15, 0.2) is 60.7 Å². The van der Waals surface area contributed by atoms with E-state index in [1.807, 2.05) is 43.3 Å². The van der Waals surface area contributed by atoms with E-state index < -0.39 is 17.4 Å². The molecule has 4 aromatic rings. The number of benzene rings is 3. The predicted octanol–water partition coefficient (Wildman–Crippen LogP) is 4.55. The third-order valence-electron chi connectivity index (χ3n) is 8.59. The van der Waals surface area contributed by atoms with Crippen molar-refractivity contribution in [2.75, 3.05) is 5.73 Å². The molecule has 2 aliphatic carbocycles. The Bertz CT molecular complexity index is 1750. The van der Waals surface area contributed by atoms with Gasteiger partial charge in [-0.1, -0.05) is 43.2 Å². The first-order chi connectivity index (χ1) is 20.6. The molecule has 1 saturated carbocycles. The van der Waals surface area contributed by atoms with Crippen LogP contribution in [0.2, 0.25) is 0 Å². The number of rotatable bonds is 6. The molecule has 222 valence electrons. The summed E-state index contributed by atoms with van der Waals surface area (Å²) in [5.41, 5.74) is 21.5. The Morgan fingerprint density at radius 3 is 2.30 bits per heavy atom. The molecule has 2 amide bonds. The molecule has 3 aromatic carbocycles. The lowest BCUT2D eigenvalue weighted by molar-refractivity contribution is -0.124. The van der Waals surface area contributed by atoms with Gasteiger partial charge in [-0.15, -0.1) is 11.3 Å². The van der Waals surface area contributed by atoms with Gasteiger partial charge >= 0.3 is 0 Å². The Hall–Kier alpha value is -4.25. The molecule has 2 aliphatic rings. The Balaban J connectivity index is 1.41. The fourth-order valence-corrected chi connectivity index (χ4v) is 7.77. The number of ether oxygens (including phenoxy) is 1. The highest BCUT2D eigenvalue weighted by Crippen LogP contribution is 2.50. The molecular weight excluding hydrogens is 562 g/mol. The number of anilines is 1. The largest absolute Gasteiger partial charge is 0.457 e. The average Bonchev–Trinajstić information content (AvgIpc) is 3.39. The molecule has 10 heteroatoms. The normalized spacial score (nSPS) is 23.2. The highest BCUT2D eigenvalue weighted by Gasteiger charge is 2.49. The maximum Gasteiger partial charge on any atom is 0.262 e. The number of Topliss-reactive ketones (excluding diaryl/α,β-unsaturated/α-hetero) is 1. The Morgan fingerprint density at radius 2 is 1.63 bits per heavy atom. The van der Waals surface area contributed by atoms with Gasteiger partial charge in [-0.2, -0.15) is 0 Å². The van der Waals surface area contributed by atoms with Crippen molar-refractivity contribution < 1.29 is 19.1 Å². The van der Waals surface area contributed by atoms with Gasteiger partial charge in [0, 0.05) is 35.6 Å². The summed E-state index contributed by atoms with van der Waals surface area (Å²) in [5, 5.41) is 6.73. The molecule has 9 nitrogen and oxygen atoms in total. The van der Waals surface area contributed by atoms with E-state index in [4.69, 9.17) is 21.9 Å². The van der Waals surface area contributed by atoms with Gasteiger partial charge in [0.2, 0.25) is 5.91 Å². The van der Waals surface area contributed by atoms with Crippen LogP contribution in [0.5, 0.6) is 11.5 Å². The molecule has 43 heavy (non-hydrogen) atoms. The van der Waals surface area contributed by atoms with Crippen LogP contribution in [0.25, 0.3) is 10.1 Å². The van der Waals surface area contributed by atoms with Crippen LogP contribution >= 0.6 is 11.3 Å². The molecule has 6 rings (SSSR count). The molecule has 0 spiro atoms. The molecule has 0 saturated heterocycles. The highest BCUT2D eigenvalue weighted by molar-refractivity contribution is 7.21. The van der Waals surface area contributed by atoms with E-state index in [1.165, 1.54) is 18.3 Å². The van der Waals surface area contributed by atoms with Gasteiger partial charge in [0.05, 0.1) is 15.6 Å². The fraction of sp³-hybridized carbons (Fsp3) is 0.303.